The van der Waals surface area contributed by atoms with E-state index in [2.05, 4.69) is 32.3 Å². The average molecular weight is 250 g/mol. The van der Waals surface area contributed by atoms with Crippen molar-refractivity contribution < 1.29 is 4.74 Å². The van der Waals surface area contributed by atoms with Gasteiger partial charge < -0.3 is 4.74 Å². The van der Waals surface area contributed by atoms with Gasteiger partial charge >= 0.3 is 0 Å². The van der Waals surface area contributed by atoms with Gasteiger partial charge in [0.15, 0.2) is 0 Å². The molecule has 3 heterocycles. The molecule has 0 saturated heterocycles. The number of allylic oxidation sites excluding steroid dienone is 1. The third-order valence-electron chi connectivity index (χ3n) is 2.58. The molecule has 0 radical (unpaired) electrons. The van der Waals surface area contributed by atoms with Gasteiger partial charge in [0.05, 0.1) is 24.3 Å². The molecule has 0 atom stereocenters. The Morgan fingerprint density at radius 2 is 2.26 bits per heavy atom. The van der Waals surface area contributed by atoms with Gasteiger partial charge in [-0.15, -0.1) is 0 Å². The molecule has 0 aliphatic carbocycles. The van der Waals surface area contributed by atoms with Crippen LogP contribution in [0.15, 0.2) is 75.2 Å². The maximum atomic E-state index is 5.61. The predicted molar refractivity (Wildman–Crippen MR) is 69.8 cm³/mol. The third-order valence-corrected chi connectivity index (χ3v) is 2.58. The molecule has 0 bridgehead atoms. The molecule has 92 valence electrons. The van der Waals surface area contributed by atoms with Crippen molar-refractivity contribution in [3.63, 3.8) is 0 Å². The van der Waals surface area contributed by atoms with E-state index < -0.39 is 0 Å². The smallest absolute Gasteiger partial charge is 0.212 e. The summed E-state index contributed by atoms with van der Waals surface area (Å²) in [6.07, 6.45) is 8.28. The molecule has 0 fully saturated rings. The SMILES string of the molecule is C=C1N=c2cnccc2=NCC2=C(C=C=CN=C2)O1. The van der Waals surface area contributed by atoms with Crippen LogP contribution in [0.5, 0.6) is 0 Å². The molecule has 0 saturated carbocycles. The number of pyridine rings is 1. The molecule has 1 aromatic heterocycles. The third kappa shape index (κ3) is 2.41. The Balaban J connectivity index is 2.18. The second-order valence-corrected chi connectivity index (χ2v) is 3.90. The van der Waals surface area contributed by atoms with Gasteiger partial charge in [-0.25, -0.2) is 4.99 Å². The van der Waals surface area contributed by atoms with E-state index in [-0.39, 0.29) is 5.88 Å². The minimum Gasteiger partial charge on any atom is -0.439 e. The van der Waals surface area contributed by atoms with Crippen LogP contribution < -0.4 is 10.7 Å². The summed E-state index contributed by atoms with van der Waals surface area (Å²) in [5, 5.41) is 1.39. The van der Waals surface area contributed by atoms with Gasteiger partial charge in [0, 0.05) is 24.1 Å². The van der Waals surface area contributed by atoms with Crippen molar-refractivity contribution in [2.24, 2.45) is 15.0 Å². The van der Waals surface area contributed by atoms with Crippen LogP contribution in [0.2, 0.25) is 0 Å². The minimum atomic E-state index is 0.284. The zero-order valence-electron chi connectivity index (χ0n) is 10.1. The second kappa shape index (κ2) is 4.84. The molecule has 19 heavy (non-hydrogen) atoms. The molecule has 2 aliphatic rings. The maximum Gasteiger partial charge on any atom is 0.212 e. The molecule has 0 spiro atoms. The largest absolute Gasteiger partial charge is 0.439 e. The zero-order chi connectivity index (χ0) is 13.1. The molecule has 0 aromatic carbocycles. The standard InChI is InChI=1S/C14H10N4O/c1-10-18-13-9-16-6-4-12(13)17-8-11-7-15-5-2-3-14(11)19-10/h3-7,9H,1,8H2. The number of fused-ring (bicyclic) bond motifs is 1. The first kappa shape index (κ1) is 11.3. The Bertz CT molecular complexity index is 780. The zero-order valence-corrected chi connectivity index (χ0v) is 10.1. The normalized spacial score (nSPS) is 16.9. The quantitative estimate of drug-likeness (QED) is 0.640. The summed E-state index contributed by atoms with van der Waals surface area (Å²) >= 11 is 0. The number of aromatic nitrogens is 1. The number of hydrogen-bond donors (Lipinski definition) is 0. The average Bonchev–Trinajstić information content (AvgIpc) is 2.59. The highest BCUT2D eigenvalue weighted by atomic mass is 16.5. The lowest BCUT2D eigenvalue weighted by Gasteiger charge is -2.06. The summed E-state index contributed by atoms with van der Waals surface area (Å²) in [7, 11) is 0. The van der Waals surface area contributed by atoms with Crippen LogP contribution in [0.25, 0.3) is 0 Å². The van der Waals surface area contributed by atoms with E-state index in [9.17, 15) is 0 Å². The first-order chi connectivity index (χ1) is 9.33. The second-order valence-electron chi connectivity index (χ2n) is 3.90. The molecule has 3 rings (SSSR count). The van der Waals surface area contributed by atoms with Crippen molar-refractivity contribution in [1.29, 1.82) is 0 Å². The van der Waals surface area contributed by atoms with Crippen molar-refractivity contribution in [1.82, 2.24) is 4.98 Å². The van der Waals surface area contributed by atoms with E-state index in [4.69, 9.17) is 4.74 Å². The summed E-state index contributed by atoms with van der Waals surface area (Å²) in [5.74, 6) is 0.892. The number of hydrogen-bond acceptors (Lipinski definition) is 5. The van der Waals surface area contributed by atoms with E-state index in [0.717, 1.165) is 10.9 Å². The van der Waals surface area contributed by atoms with E-state index >= 15 is 0 Å². The molecular weight excluding hydrogens is 240 g/mol. The van der Waals surface area contributed by atoms with Crippen molar-refractivity contribution in [3.05, 3.63) is 71.0 Å². The van der Waals surface area contributed by atoms with Crippen LogP contribution in [0.3, 0.4) is 0 Å². The van der Waals surface area contributed by atoms with E-state index in [0.29, 0.717) is 17.7 Å². The van der Waals surface area contributed by atoms with Crippen molar-refractivity contribution in [2.75, 3.05) is 6.54 Å². The maximum absolute atomic E-state index is 5.61. The predicted octanol–water partition coefficient (Wildman–Crippen LogP) is 0.830. The Morgan fingerprint density at radius 1 is 1.32 bits per heavy atom. The first-order valence-corrected chi connectivity index (χ1v) is 5.70. The van der Waals surface area contributed by atoms with Crippen molar-refractivity contribution >= 4 is 6.21 Å². The highest BCUT2D eigenvalue weighted by Crippen LogP contribution is 2.13. The minimum absolute atomic E-state index is 0.284. The fraction of sp³-hybridized carbons (Fsp3) is 0.0714. The van der Waals surface area contributed by atoms with Crippen LogP contribution in [0.4, 0.5) is 0 Å². The van der Waals surface area contributed by atoms with Gasteiger partial charge in [-0.05, 0) is 12.6 Å². The van der Waals surface area contributed by atoms with Crippen molar-refractivity contribution in [3.8, 4) is 0 Å². The first-order valence-electron chi connectivity index (χ1n) is 5.70. The van der Waals surface area contributed by atoms with E-state index in [1.54, 1.807) is 37.0 Å². The van der Waals surface area contributed by atoms with Crippen LogP contribution >= 0.6 is 0 Å². The topological polar surface area (TPSA) is 59.2 Å². The van der Waals surface area contributed by atoms with Gasteiger partial charge in [-0.2, -0.15) is 0 Å². The summed E-state index contributed by atoms with van der Waals surface area (Å²) in [6.45, 7) is 4.23. The Hall–Kier alpha value is -2.78. The van der Waals surface area contributed by atoms with E-state index in [1.807, 2.05) is 0 Å². The summed E-state index contributed by atoms with van der Waals surface area (Å²) in [5.41, 5.74) is 3.74. The highest BCUT2D eigenvalue weighted by molar-refractivity contribution is 5.81. The number of nitrogens with zero attached hydrogens (tertiary/aromatic N) is 4. The molecule has 2 aliphatic heterocycles. The summed E-state index contributed by atoms with van der Waals surface area (Å²) in [4.78, 5) is 16.9. The number of rotatable bonds is 0. The van der Waals surface area contributed by atoms with Gasteiger partial charge in [0.25, 0.3) is 0 Å². The van der Waals surface area contributed by atoms with Crippen molar-refractivity contribution in [2.45, 2.75) is 0 Å². The summed E-state index contributed by atoms with van der Waals surface area (Å²) in [6, 6.07) is 1.81. The van der Waals surface area contributed by atoms with E-state index in [1.165, 1.54) is 0 Å². The fourth-order valence-electron chi connectivity index (χ4n) is 1.71. The molecule has 0 amide bonds. The van der Waals surface area contributed by atoms with Gasteiger partial charge in [-0.3, -0.25) is 15.0 Å². The Labute approximate surface area is 109 Å². The van der Waals surface area contributed by atoms with Gasteiger partial charge in [0.2, 0.25) is 5.88 Å². The molecule has 0 unspecified atom stereocenters. The van der Waals surface area contributed by atoms with Crippen LogP contribution in [-0.2, 0) is 4.74 Å². The lowest BCUT2D eigenvalue weighted by atomic mass is 10.2. The molecule has 0 N–H and O–H groups in total. The van der Waals surface area contributed by atoms with Gasteiger partial charge in [-0.1, -0.05) is 5.73 Å². The molecule has 5 nitrogen and oxygen atoms in total. The van der Waals surface area contributed by atoms with Crippen LogP contribution in [0, 0.1) is 0 Å². The monoisotopic (exact) mass is 250 g/mol. The molecule has 5 heteroatoms. The summed E-state index contributed by atoms with van der Waals surface area (Å²) < 4.78 is 5.61. The van der Waals surface area contributed by atoms with Crippen LogP contribution in [0.1, 0.15) is 0 Å². The van der Waals surface area contributed by atoms with Gasteiger partial charge in [0.1, 0.15) is 11.1 Å². The fourth-order valence-corrected chi connectivity index (χ4v) is 1.71. The Kier molecular flexibility index (Phi) is 2.88. The molecular formula is C14H10N4O. The number of ether oxygens (including phenoxy) is 1. The highest BCUT2D eigenvalue weighted by Gasteiger charge is 2.08. The lowest BCUT2D eigenvalue weighted by molar-refractivity contribution is 0.314. The number of aliphatic imine (C=N–C) groups is 1. The lowest BCUT2D eigenvalue weighted by Crippen LogP contribution is -2.26. The molecule has 1 aromatic rings. The van der Waals surface area contributed by atoms with Crippen LogP contribution in [-0.4, -0.2) is 17.7 Å². The Morgan fingerprint density at radius 3 is 3.21 bits per heavy atom.